The maximum atomic E-state index is 11.2. The third-order valence-electron chi connectivity index (χ3n) is 2.96. The Balaban J connectivity index is 2.22. The molecule has 2 aromatic heterocycles. The number of ether oxygens (including phenoxy) is 1. The molecule has 1 aromatic carbocycles. The molecule has 20 heavy (non-hydrogen) atoms. The number of carboxylic acid groups (broad SMARTS) is 1. The molecule has 1 N–H and O–H groups in total. The van der Waals surface area contributed by atoms with Gasteiger partial charge in [-0.3, -0.25) is 0 Å². The number of imidazole rings is 1. The van der Waals surface area contributed by atoms with Crippen molar-refractivity contribution in [3.8, 4) is 17.1 Å². The molecular weight excluding hydrogens is 258 g/mol. The quantitative estimate of drug-likeness (QED) is 0.788. The van der Waals surface area contributed by atoms with Crippen molar-refractivity contribution in [3.05, 3.63) is 48.3 Å². The zero-order valence-corrected chi connectivity index (χ0v) is 10.6. The zero-order valence-electron chi connectivity index (χ0n) is 10.6. The minimum Gasteiger partial charge on any atom is -0.497 e. The molecule has 0 radical (unpaired) electrons. The van der Waals surface area contributed by atoms with E-state index in [0.29, 0.717) is 11.3 Å². The molecule has 0 bridgehead atoms. The molecule has 6 nitrogen and oxygen atoms in total. The third-order valence-corrected chi connectivity index (χ3v) is 2.96. The van der Waals surface area contributed by atoms with E-state index >= 15 is 0 Å². The summed E-state index contributed by atoms with van der Waals surface area (Å²) in [6.45, 7) is 0. The molecule has 0 saturated carbocycles. The van der Waals surface area contributed by atoms with Gasteiger partial charge in [0.2, 0.25) is 0 Å². The Hall–Kier alpha value is -2.89. The lowest BCUT2D eigenvalue weighted by atomic mass is 10.2. The van der Waals surface area contributed by atoms with Crippen LogP contribution in [-0.2, 0) is 0 Å². The van der Waals surface area contributed by atoms with E-state index in [-0.39, 0.29) is 5.69 Å². The van der Waals surface area contributed by atoms with E-state index in [1.165, 1.54) is 4.52 Å². The lowest BCUT2D eigenvalue weighted by Gasteiger charge is -2.02. The van der Waals surface area contributed by atoms with E-state index in [1.807, 2.05) is 12.1 Å². The number of carbonyl (C=O) groups is 1. The van der Waals surface area contributed by atoms with Crippen LogP contribution < -0.4 is 4.74 Å². The molecule has 3 aromatic rings. The Morgan fingerprint density at radius 1 is 1.25 bits per heavy atom. The largest absolute Gasteiger partial charge is 0.497 e. The second-order valence-electron chi connectivity index (χ2n) is 4.14. The molecule has 100 valence electrons. The number of fused-ring (bicyclic) bond motifs is 1. The number of nitrogens with zero attached hydrogens (tertiary/aromatic N) is 3. The highest BCUT2D eigenvalue weighted by atomic mass is 16.5. The van der Waals surface area contributed by atoms with Crippen molar-refractivity contribution < 1.29 is 14.6 Å². The molecule has 0 atom stereocenters. The van der Waals surface area contributed by atoms with Gasteiger partial charge >= 0.3 is 5.97 Å². The Labute approximate surface area is 114 Å². The molecule has 0 amide bonds. The fraction of sp³-hybridized carbons (Fsp3) is 0.0714. The highest BCUT2D eigenvalue weighted by Gasteiger charge is 2.18. The minimum atomic E-state index is -1.07. The summed E-state index contributed by atoms with van der Waals surface area (Å²) in [6.07, 6.45) is 1.59. The predicted molar refractivity (Wildman–Crippen MR) is 71.9 cm³/mol. The summed E-state index contributed by atoms with van der Waals surface area (Å²) in [7, 11) is 1.59. The van der Waals surface area contributed by atoms with Crippen LogP contribution in [0.1, 0.15) is 10.5 Å². The first kappa shape index (κ1) is 12.2. The summed E-state index contributed by atoms with van der Waals surface area (Å²) < 4.78 is 6.62. The fourth-order valence-electron chi connectivity index (χ4n) is 2.02. The Bertz CT molecular complexity index is 778. The Morgan fingerprint density at radius 3 is 2.65 bits per heavy atom. The van der Waals surface area contributed by atoms with Gasteiger partial charge in [0.25, 0.3) is 0 Å². The van der Waals surface area contributed by atoms with Crippen molar-refractivity contribution in [3.63, 3.8) is 0 Å². The summed E-state index contributed by atoms with van der Waals surface area (Å²) in [5, 5.41) is 13.4. The van der Waals surface area contributed by atoms with Gasteiger partial charge in [-0.1, -0.05) is 0 Å². The van der Waals surface area contributed by atoms with Crippen LogP contribution in [0.3, 0.4) is 0 Å². The smallest absolute Gasteiger partial charge is 0.356 e. The SMILES string of the molecule is COc1ccc(-c2nc(C(=O)O)c3cccnn23)cc1. The van der Waals surface area contributed by atoms with E-state index in [4.69, 9.17) is 4.74 Å². The molecule has 0 aliphatic rings. The van der Waals surface area contributed by atoms with Crippen LogP contribution >= 0.6 is 0 Å². The fourth-order valence-corrected chi connectivity index (χ4v) is 2.02. The molecule has 3 rings (SSSR count). The number of aromatic nitrogens is 3. The monoisotopic (exact) mass is 269 g/mol. The highest BCUT2D eigenvalue weighted by molar-refractivity contribution is 5.94. The first-order chi connectivity index (χ1) is 9.70. The summed E-state index contributed by atoms with van der Waals surface area (Å²) in [4.78, 5) is 15.4. The van der Waals surface area contributed by atoms with E-state index in [0.717, 1.165) is 11.3 Å². The summed E-state index contributed by atoms with van der Waals surface area (Å²) in [5.41, 5.74) is 1.22. The van der Waals surface area contributed by atoms with E-state index in [9.17, 15) is 9.90 Å². The average Bonchev–Trinajstić information content (AvgIpc) is 2.87. The zero-order chi connectivity index (χ0) is 14.1. The van der Waals surface area contributed by atoms with Gasteiger partial charge in [0, 0.05) is 11.8 Å². The topological polar surface area (TPSA) is 76.7 Å². The van der Waals surface area contributed by atoms with Crippen molar-refractivity contribution in [2.75, 3.05) is 7.11 Å². The number of aromatic carboxylic acids is 1. The van der Waals surface area contributed by atoms with Crippen LogP contribution in [0.25, 0.3) is 16.9 Å². The van der Waals surface area contributed by atoms with Crippen molar-refractivity contribution in [2.45, 2.75) is 0 Å². The van der Waals surface area contributed by atoms with Gasteiger partial charge in [0.05, 0.1) is 7.11 Å². The van der Waals surface area contributed by atoms with E-state index in [1.54, 1.807) is 37.6 Å². The summed E-state index contributed by atoms with van der Waals surface area (Å²) in [6, 6.07) is 10.6. The lowest BCUT2D eigenvalue weighted by Crippen LogP contribution is -1.97. The summed E-state index contributed by atoms with van der Waals surface area (Å²) in [5.74, 6) is 0.136. The normalized spacial score (nSPS) is 10.7. The van der Waals surface area contributed by atoms with Crippen molar-refractivity contribution in [1.29, 1.82) is 0 Å². The predicted octanol–water partition coefficient (Wildman–Crippen LogP) is 2.10. The van der Waals surface area contributed by atoms with Gasteiger partial charge in [0.15, 0.2) is 11.5 Å². The van der Waals surface area contributed by atoms with Crippen molar-refractivity contribution >= 4 is 11.5 Å². The van der Waals surface area contributed by atoms with Gasteiger partial charge in [-0.05, 0) is 36.4 Å². The molecule has 6 heteroatoms. The van der Waals surface area contributed by atoms with Crippen LogP contribution in [0, 0.1) is 0 Å². The highest BCUT2D eigenvalue weighted by Crippen LogP contribution is 2.23. The first-order valence-corrected chi connectivity index (χ1v) is 5.92. The molecule has 0 spiro atoms. The maximum Gasteiger partial charge on any atom is 0.356 e. The molecule has 0 unspecified atom stereocenters. The third kappa shape index (κ3) is 1.87. The van der Waals surface area contributed by atoms with Crippen LogP contribution in [0.2, 0.25) is 0 Å². The average molecular weight is 269 g/mol. The van der Waals surface area contributed by atoms with E-state index in [2.05, 4.69) is 10.1 Å². The second-order valence-corrected chi connectivity index (χ2v) is 4.14. The first-order valence-electron chi connectivity index (χ1n) is 5.92. The molecule has 0 aliphatic carbocycles. The standard InChI is InChI=1S/C14H11N3O3/c1-20-10-6-4-9(5-7-10)13-16-12(14(18)19)11-3-2-8-15-17(11)13/h2-8H,1H3,(H,18,19). The van der Waals surface area contributed by atoms with Crippen LogP contribution in [0.15, 0.2) is 42.6 Å². The Kier molecular flexibility index (Phi) is 2.83. The second kappa shape index (κ2) is 4.65. The number of hydrogen-bond acceptors (Lipinski definition) is 4. The number of hydrogen-bond donors (Lipinski definition) is 1. The molecule has 0 saturated heterocycles. The van der Waals surface area contributed by atoms with Gasteiger partial charge < -0.3 is 9.84 Å². The molecule has 0 aliphatic heterocycles. The van der Waals surface area contributed by atoms with Crippen LogP contribution in [0.4, 0.5) is 0 Å². The van der Waals surface area contributed by atoms with Crippen molar-refractivity contribution in [1.82, 2.24) is 14.6 Å². The summed E-state index contributed by atoms with van der Waals surface area (Å²) >= 11 is 0. The number of benzene rings is 1. The molecule has 0 fully saturated rings. The number of methoxy groups -OCH3 is 1. The van der Waals surface area contributed by atoms with Gasteiger partial charge in [-0.15, -0.1) is 0 Å². The van der Waals surface area contributed by atoms with Gasteiger partial charge in [-0.2, -0.15) is 5.10 Å². The Morgan fingerprint density at radius 2 is 2.00 bits per heavy atom. The van der Waals surface area contributed by atoms with Crippen LogP contribution in [0.5, 0.6) is 5.75 Å². The van der Waals surface area contributed by atoms with E-state index < -0.39 is 5.97 Å². The molecular formula is C14H11N3O3. The van der Waals surface area contributed by atoms with Crippen molar-refractivity contribution in [2.24, 2.45) is 0 Å². The van der Waals surface area contributed by atoms with Crippen LogP contribution in [-0.4, -0.2) is 32.8 Å². The van der Waals surface area contributed by atoms with Gasteiger partial charge in [0.1, 0.15) is 11.3 Å². The minimum absolute atomic E-state index is 0.0103. The number of rotatable bonds is 3. The lowest BCUT2D eigenvalue weighted by molar-refractivity contribution is 0.0693. The molecule has 2 heterocycles. The maximum absolute atomic E-state index is 11.2. The van der Waals surface area contributed by atoms with Gasteiger partial charge in [-0.25, -0.2) is 14.3 Å². The number of carboxylic acids is 1.